The fourth-order valence-electron chi connectivity index (χ4n) is 1.73. The van der Waals surface area contributed by atoms with Gasteiger partial charge in [0.15, 0.2) is 0 Å². The average Bonchev–Trinajstić information content (AvgIpc) is 2.50. The van der Waals surface area contributed by atoms with Crippen molar-refractivity contribution >= 4 is 11.9 Å². The van der Waals surface area contributed by atoms with Gasteiger partial charge in [0.25, 0.3) is 0 Å². The zero-order valence-electron chi connectivity index (χ0n) is 13.3. The van der Waals surface area contributed by atoms with Crippen LogP contribution < -0.4 is 10.1 Å². The first-order valence-corrected chi connectivity index (χ1v) is 7.35. The van der Waals surface area contributed by atoms with Crippen molar-refractivity contribution < 1.29 is 19.4 Å². The topological polar surface area (TPSA) is 78.9 Å². The Kier molecular flexibility index (Phi) is 7.39. The molecule has 1 rings (SSSR count). The lowest BCUT2D eigenvalue weighted by Crippen LogP contribution is -2.42. The van der Waals surface area contributed by atoms with Crippen LogP contribution in [0.25, 0.3) is 0 Å². The van der Waals surface area contributed by atoms with Crippen molar-refractivity contribution in [1.29, 1.82) is 0 Å². The van der Waals surface area contributed by atoms with Gasteiger partial charge in [-0.05, 0) is 38.1 Å². The molecule has 122 valence electrons. The largest absolute Gasteiger partial charge is 0.494 e. The number of hydrogen-bond acceptors (Lipinski definition) is 4. The molecule has 0 saturated heterocycles. The van der Waals surface area contributed by atoms with E-state index in [1.54, 1.807) is 14.0 Å². The molecule has 1 aromatic carbocycles. The molecular formula is C16H24N2O4. The lowest BCUT2D eigenvalue weighted by molar-refractivity contribution is -0.142. The van der Waals surface area contributed by atoms with Crippen LogP contribution in [0, 0.1) is 0 Å². The Morgan fingerprint density at radius 3 is 2.50 bits per heavy atom. The van der Waals surface area contributed by atoms with E-state index in [-0.39, 0.29) is 12.5 Å². The predicted octanol–water partition coefficient (Wildman–Crippen LogP) is 1.50. The minimum Gasteiger partial charge on any atom is -0.494 e. The molecule has 0 fully saturated rings. The van der Waals surface area contributed by atoms with Gasteiger partial charge in [-0.25, -0.2) is 0 Å². The van der Waals surface area contributed by atoms with Crippen LogP contribution in [0.5, 0.6) is 5.75 Å². The highest BCUT2D eigenvalue weighted by molar-refractivity contribution is 5.79. The SMILES string of the molecule is CCCOc1ccc(CNC(=O)CN(C)C(C)C(=O)O)cc1. The third kappa shape index (κ3) is 6.13. The third-order valence-corrected chi connectivity index (χ3v) is 3.30. The van der Waals surface area contributed by atoms with Crippen LogP contribution in [-0.4, -0.2) is 48.1 Å². The highest BCUT2D eigenvalue weighted by Crippen LogP contribution is 2.12. The first-order valence-electron chi connectivity index (χ1n) is 7.35. The third-order valence-electron chi connectivity index (χ3n) is 3.30. The van der Waals surface area contributed by atoms with Crippen molar-refractivity contribution in [2.45, 2.75) is 32.9 Å². The van der Waals surface area contributed by atoms with Gasteiger partial charge in [-0.1, -0.05) is 19.1 Å². The van der Waals surface area contributed by atoms with Crippen LogP contribution in [-0.2, 0) is 16.1 Å². The summed E-state index contributed by atoms with van der Waals surface area (Å²) in [4.78, 5) is 24.1. The number of carboxylic acids is 1. The van der Waals surface area contributed by atoms with Gasteiger partial charge in [0, 0.05) is 6.54 Å². The van der Waals surface area contributed by atoms with Gasteiger partial charge >= 0.3 is 5.97 Å². The molecule has 0 spiro atoms. The average molecular weight is 308 g/mol. The van der Waals surface area contributed by atoms with E-state index in [0.29, 0.717) is 13.2 Å². The van der Waals surface area contributed by atoms with Gasteiger partial charge in [0.1, 0.15) is 11.8 Å². The molecule has 0 saturated carbocycles. The number of hydrogen-bond donors (Lipinski definition) is 2. The Balaban J connectivity index is 2.39. The second-order valence-electron chi connectivity index (χ2n) is 5.20. The molecule has 1 aromatic rings. The number of carbonyl (C=O) groups is 2. The van der Waals surface area contributed by atoms with Gasteiger partial charge < -0.3 is 15.2 Å². The molecule has 22 heavy (non-hydrogen) atoms. The molecule has 6 nitrogen and oxygen atoms in total. The highest BCUT2D eigenvalue weighted by Gasteiger charge is 2.18. The Labute approximate surface area is 131 Å². The fraction of sp³-hybridized carbons (Fsp3) is 0.500. The Morgan fingerprint density at radius 2 is 1.95 bits per heavy atom. The number of carbonyl (C=O) groups excluding carboxylic acids is 1. The zero-order valence-corrected chi connectivity index (χ0v) is 13.3. The van der Waals surface area contributed by atoms with Gasteiger partial charge in [-0.15, -0.1) is 0 Å². The number of ether oxygens (including phenoxy) is 1. The number of rotatable bonds is 9. The maximum atomic E-state index is 11.8. The summed E-state index contributed by atoms with van der Waals surface area (Å²) in [6, 6.07) is 6.84. The van der Waals surface area contributed by atoms with E-state index in [1.807, 2.05) is 31.2 Å². The smallest absolute Gasteiger partial charge is 0.320 e. The van der Waals surface area contributed by atoms with Gasteiger partial charge in [0.05, 0.1) is 13.2 Å². The van der Waals surface area contributed by atoms with Crippen molar-refractivity contribution in [3.05, 3.63) is 29.8 Å². The Bertz CT molecular complexity index is 487. The van der Waals surface area contributed by atoms with Crippen molar-refractivity contribution in [3.63, 3.8) is 0 Å². The first kappa shape index (κ1) is 18.0. The summed E-state index contributed by atoms with van der Waals surface area (Å²) in [7, 11) is 1.61. The molecule has 0 bridgehead atoms. The maximum absolute atomic E-state index is 11.8. The lowest BCUT2D eigenvalue weighted by Gasteiger charge is -2.20. The summed E-state index contributed by atoms with van der Waals surface area (Å²) in [5.41, 5.74) is 0.964. The molecule has 1 unspecified atom stereocenters. The number of nitrogens with one attached hydrogen (secondary N) is 1. The molecule has 0 radical (unpaired) electrons. The summed E-state index contributed by atoms with van der Waals surface area (Å²) in [6.07, 6.45) is 0.958. The molecule has 6 heteroatoms. The number of aliphatic carboxylic acids is 1. The molecule has 1 amide bonds. The molecule has 0 aromatic heterocycles. The van der Waals surface area contributed by atoms with Crippen LogP contribution >= 0.6 is 0 Å². The number of carboxylic acid groups (broad SMARTS) is 1. The van der Waals surface area contributed by atoms with E-state index >= 15 is 0 Å². The molecule has 0 heterocycles. The van der Waals surface area contributed by atoms with Crippen LogP contribution in [0.15, 0.2) is 24.3 Å². The van der Waals surface area contributed by atoms with Crippen molar-refractivity contribution in [2.75, 3.05) is 20.2 Å². The van der Waals surface area contributed by atoms with Crippen LogP contribution in [0.1, 0.15) is 25.8 Å². The summed E-state index contributed by atoms with van der Waals surface area (Å²) in [6.45, 7) is 4.73. The molecule has 2 N–H and O–H groups in total. The van der Waals surface area contributed by atoms with E-state index < -0.39 is 12.0 Å². The van der Waals surface area contributed by atoms with Crippen molar-refractivity contribution in [3.8, 4) is 5.75 Å². The normalized spacial score (nSPS) is 12.0. The zero-order chi connectivity index (χ0) is 16.5. The number of nitrogens with zero attached hydrogens (tertiary/aromatic N) is 1. The van der Waals surface area contributed by atoms with Crippen LogP contribution in [0.4, 0.5) is 0 Å². The summed E-state index contributed by atoms with van der Waals surface area (Å²) < 4.78 is 5.49. The molecule has 0 aliphatic rings. The monoisotopic (exact) mass is 308 g/mol. The van der Waals surface area contributed by atoms with E-state index in [2.05, 4.69) is 5.32 Å². The number of amides is 1. The van der Waals surface area contributed by atoms with Gasteiger partial charge in [0.2, 0.25) is 5.91 Å². The first-order chi connectivity index (χ1) is 10.4. The minimum absolute atomic E-state index is 0.0468. The lowest BCUT2D eigenvalue weighted by atomic mass is 10.2. The second kappa shape index (κ2) is 9.04. The Hall–Kier alpha value is -2.08. The highest BCUT2D eigenvalue weighted by atomic mass is 16.5. The molecule has 0 aliphatic carbocycles. The van der Waals surface area contributed by atoms with E-state index in [9.17, 15) is 9.59 Å². The van der Waals surface area contributed by atoms with E-state index in [1.165, 1.54) is 4.90 Å². The van der Waals surface area contributed by atoms with Crippen LogP contribution in [0.3, 0.4) is 0 Å². The van der Waals surface area contributed by atoms with Gasteiger partial charge in [-0.3, -0.25) is 14.5 Å². The summed E-state index contributed by atoms with van der Waals surface area (Å²) in [5.74, 6) is -0.341. The van der Waals surface area contributed by atoms with Crippen molar-refractivity contribution in [2.24, 2.45) is 0 Å². The summed E-state index contributed by atoms with van der Waals surface area (Å²) in [5, 5.41) is 11.6. The predicted molar refractivity (Wildman–Crippen MR) is 83.8 cm³/mol. The second-order valence-corrected chi connectivity index (χ2v) is 5.20. The summed E-state index contributed by atoms with van der Waals surface area (Å²) >= 11 is 0. The number of benzene rings is 1. The quantitative estimate of drug-likeness (QED) is 0.723. The van der Waals surface area contributed by atoms with Crippen molar-refractivity contribution in [1.82, 2.24) is 10.2 Å². The van der Waals surface area contributed by atoms with Gasteiger partial charge in [-0.2, -0.15) is 0 Å². The van der Waals surface area contributed by atoms with E-state index in [0.717, 1.165) is 17.7 Å². The standard InChI is InChI=1S/C16H24N2O4/c1-4-9-22-14-7-5-13(6-8-14)10-17-15(19)11-18(3)12(2)16(20)21/h5-8,12H,4,9-11H2,1-3H3,(H,17,19)(H,20,21). The maximum Gasteiger partial charge on any atom is 0.320 e. The van der Waals surface area contributed by atoms with Crippen LogP contribution in [0.2, 0.25) is 0 Å². The minimum atomic E-state index is -0.946. The fourth-order valence-corrected chi connectivity index (χ4v) is 1.73. The van der Waals surface area contributed by atoms with E-state index in [4.69, 9.17) is 9.84 Å². The molecule has 0 aliphatic heterocycles. The number of likely N-dealkylation sites (N-methyl/N-ethyl adjacent to an activating group) is 1. The molecule has 1 atom stereocenters. The Morgan fingerprint density at radius 1 is 1.32 bits per heavy atom. The molecular weight excluding hydrogens is 284 g/mol.